The van der Waals surface area contributed by atoms with Crippen LogP contribution in [0, 0.1) is 0 Å². The Hall–Kier alpha value is -3.12. The van der Waals surface area contributed by atoms with E-state index in [0.717, 1.165) is 29.2 Å². The van der Waals surface area contributed by atoms with E-state index >= 15 is 0 Å². The van der Waals surface area contributed by atoms with Gasteiger partial charge in [0.05, 0.1) is 11.7 Å². The van der Waals surface area contributed by atoms with Crippen molar-refractivity contribution in [3.05, 3.63) is 47.3 Å². The minimum Gasteiger partial charge on any atom is -0.455 e. The average Bonchev–Trinajstić information content (AvgIpc) is 3.38. The molecular weight excluding hydrogens is 515 g/mol. The minimum absolute atomic E-state index is 0.0567. The highest BCUT2D eigenvalue weighted by Crippen LogP contribution is 2.35. The molecule has 12 heteroatoms. The summed E-state index contributed by atoms with van der Waals surface area (Å²) in [4.78, 5) is 31.0. The van der Waals surface area contributed by atoms with E-state index in [1.54, 1.807) is 38.8 Å². The van der Waals surface area contributed by atoms with Gasteiger partial charge in [-0.2, -0.15) is 23.0 Å². The Balaban J connectivity index is 1.39. The first-order valence-electron chi connectivity index (χ1n) is 13.1. The van der Waals surface area contributed by atoms with Crippen LogP contribution in [0.25, 0.3) is 0 Å². The van der Waals surface area contributed by atoms with Crippen molar-refractivity contribution in [2.75, 3.05) is 51.3 Å². The molecule has 39 heavy (non-hydrogen) atoms. The monoisotopic (exact) mass is 551 g/mol. The molecule has 9 nitrogen and oxygen atoms in total. The highest BCUT2D eigenvalue weighted by atomic mass is 19.4. The number of anilines is 1. The molecule has 0 N–H and O–H groups in total. The highest BCUT2D eigenvalue weighted by Gasteiger charge is 2.33. The molecule has 0 saturated carbocycles. The number of halogens is 3. The summed E-state index contributed by atoms with van der Waals surface area (Å²) in [5, 5.41) is 4.09. The number of ether oxygens (including phenoxy) is 2. The smallest absolute Gasteiger partial charge is 0.416 e. The third-order valence-corrected chi connectivity index (χ3v) is 6.96. The third kappa shape index (κ3) is 7.30. The number of amides is 1. The fourth-order valence-electron chi connectivity index (χ4n) is 4.85. The van der Waals surface area contributed by atoms with Gasteiger partial charge in [0.1, 0.15) is 5.60 Å². The van der Waals surface area contributed by atoms with E-state index in [1.165, 1.54) is 18.3 Å². The largest absolute Gasteiger partial charge is 0.455 e. The lowest BCUT2D eigenvalue weighted by Crippen LogP contribution is -2.49. The zero-order valence-electron chi connectivity index (χ0n) is 22.8. The molecule has 1 aromatic heterocycles. The van der Waals surface area contributed by atoms with Gasteiger partial charge in [0.25, 0.3) is 0 Å². The van der Waals surface area contributed by atoms with Gasteiger partial charge in [-0.25, -0.2) is 9.59 Å². The number of esters is 1. The van der Waals surface area contributed by atoms with Crippen LogP contribution in [0.3, 0.4) is 0 Å². The van der Waals surface area contributed by atoms with Crippen LogP contribution in [-0.2, 0) is 22.2 Å². The van der Waals surface area contributed by atoms with Crippen molar-refractivity contribution >= 4 is 17.7 Å². The summed E-state index contributed by atoms with van der Waals surface area (Å²) in [6, 6.07) is 5.06. The zero-order chi connectivity index (χ0) is 28.4. The Kier molecular flexibility index (Phi) is 8.55. The van der Waals surface area contributed by atoms with Crippen LogP contribution in [0.4, 0.5) is 23.7 Å². The predicted molar refractivity (Wildman–Crippen MR) is 139 cm³/mol. The fraction of sp³-hybridized carbons (Fsp3) is 0.593. The third-order valence-electron chi connectivity index (χ3n) is 6.96. The number of hydrogen-bond acceptors (Lipinski definition) is 7. The molecule has 214 valence electrons. The molecule has 4 rings (SSSR count). The first-order chi connectivity index (χ1) is 18.3. The number of hydrogen-bond donors (Lipinski definition) is 0. The maximum atomic E-state index is 13.5. The first kappa shape index (κ1) is 28.9. The molecule has 2 aromatic rings. The van der Waals surface area contributed by atoms with Gasteiger partial charge in [0, 0.05) is 64.8 Å². The normalized spacial score (nSPS) is 17.9. The van der Waals surface area contributed by atoms with Gasteiger partial charge in [-0.3, -0.25) is 4.90 Å². The zero-order valence-corrected chi connectivity index (χ0v) is 22.8. The molecule has 0 bridgehead atoms. The summed E-state index contributed by atoms with van der Waals surface area (Å²) in [6.07, 6.45) is -1.34. The molecule has 2 aliphatic heterocycles. The van der Waals surface area contributed by atoms with E-state index < -0.39 is 23.3 Å². The molecule has 1 aromatic carbocycles. The molecule has 0 unspecified atom stereocenters. The maximum absolute atomic E-state index is 13.5. The van der Waals surface area contributed by atoms with Crippen molar-refractivity contribution in [3.8, 4) is 0 Å². The topological polar surface area (TPSA) is 80.1 Å². The lowest BCUT2D eigenvalue weighted by Gasteiger charge is -2.37. The number of nitrogens with zero attached hydrogens (tertiary/aromatic N) is 5. The van der Waals surface area contributed by atoms with Gasteiger partial charge in [-0.15, -0.1) is 0 Å². The van der Waals surface area contributed by atoms with Crippen molar-refractivity contribution in [3.63, 3.8) is 0 Å². The average molecular weight is 552 g/mol. The summed E-state index contributed by atoms with van der Waals surface area (Å²) < 4.78 is 52.4. The Morgan fingerprint density at radius 1 is 1.00 bits per heavy atom. The van der Waals surface area contributed by atoms with Crippen molar-refractivity contribution in [2.45, 2.75) is 58.0 Å². The molecular formula is C27H36F3N5O4. The van der Waals surface area contributed by atoms with Gasteiger partial charge in [-0.1, -0.05) is 6.07 Å². The number of carbonyl (C=O) groups excluding carboxylic acids is 2. The van der Waals surface area contributed by atoms with Gasteiger partial charge in [-0.05, 0) is 57.4 Å². The number of benzene rings is 1. The predicted octanol–water partition coefficient (Wildman–Crippen LogP) is 4.26. The Bertz CT molecular complexity index is 1160. The molecule has 0 radical (unpaired) electrons. The number of piperazine rings is 1. The van der Waals surface area contributed by atoms with Crippen molar-refractivity contribution < 1.29 is 32.2 Å². The first-order valence-corrected chi connectivity index (χ1v) is 13.1. The SMILES string of the molecule is COC1CCN(c2cc(C(F)(F)F)ccc2CN2CCN(C(=O)n3ccc(C(=O)OC(C)(C)C)n3)CC2)CC1. The second kappa shape index (κ2) is 11.5. The molecule has 3 heterocycles. The van der Waals surface area contributed by atoms with Crippen LogP contribution in [0.1, 0.15) is 55.2 Å². The van der Waals surface area contributed by atoms with Crippen molar-refractivity contribution in [1.82, 2.24) is 19.6 Å². The van der Waals surface area contributed by atoms with E-state index in [1.807, 2.05) is 4.90 Å². The van der Waals surface area contributed by atoms with E-state index in [0.29, 0.717) is 51.5 Å². The highest BCUT2D eigenvalue weighted by molar-refractivity contribution is 5.88. The Morgan fingerprint density at radius 3 is 2.26 bits per heavy atom. The van der Waals surface area contributed by atoms with Crippen LogP contribution < -0.4 is 4.90 Å². The van der Waals surface area contributed by atoms with Crippen LogP contribution in [0.15, 0.2) is 30.5 Å². The number of rotatable bonds is 5. The standard InChI is InChI=1S/C27H36F3N5O4/c1-26(2,3)39-24(36)22-9-12-35(31-22)25(37)34-15-13-32(14-16-34)18-19-5-6-20(27(28,29)30)17-23(19)33-10-7-21(38-4)8-11-33/h5-6,9,12,17,21H,7-8,10-11,13-16,18H2,1-4H3. The molecule has 2 aliphatic rings. The Labute approximate surface area is 226 Å². The van der Waals surface area contributed by atoms with Crippen molar-refractivity contribution in [2.24, 2.45) is 0 Å². The fourth-order valence-corrected chi connectivity index (χ4v) is 4.85. The second-order valence-electron chi connectivity index (χ2n) is 11.0. The van der Waals surface area contributed by atoms with Crippen molar-refractivity contribution in [1.29, 1.82) is 0 Å². The number of alkyl halides is 3. The summed E-state index contributed by atoms with van der Waals surface area (Å²) in [6.45, 7) is 8.95. The lowest BCUT2D eigenvalue weighted by molar-refractivity contribution is -0.137. The van der Waals surface area contributed by atoms with Gasteiger partial charge < -0.3 is 19.3 Å². The van der Waals surface area contributed by atoms with Crippen LogP contribution >= 0.6 is 0 Å². The summed E-state index contributed by atoms with van der Waals surface area (Å²) >= 11 is 0. The van der Waals surface area contributed by atoms with Crippen LogP contribution in [-0.4, -0.2) is 89.7 Å². The number of carbonyl (C=O) groups is 2. The number of piperidine rings is 1. The molecule has 0 atom stereocenters. The second-order valence-corrected chi connectivity index (χ2v) is 11.0. The summed E-state index contributed by atoms with van der Waals surface area (Å²) in [5.74, 6) is -0.599. The lowest BCUT2D eigenvalue weighted by atomic mass is 10.0. The maximum Gasteiger partial charge on any atom is 0.416 e. The van der Waals surface area contributed by atoms with E-state index in [-0.39, 0.29) is 17.8 Å². The van der Waals surface area contributed by atoms with Gasteiger partial charge in [0.2, 0.25) is 0 Å². The number of methoxy groups -OCH3 is 1. The Morgan fingerprint density at radius 2 is 1.67 bits per heavy atom. The molecule has 1 amide bonds. The van der Waals surface area contributed by atoms with Gasteiger partial charge >= 0.3 is 18.2 Å². The number of aromatic nitrogens is 2. The molecule has 0 aliphatic carbocycles. The van der Waals surface area contributed by atoms with E-state index in [9.17, 15) is 22.8 Å². The quantitative estimate of drug-likeness (QED) is 0.514. The molecule has 2 fully saturated rings. The molecule has 0 spiro atoms. The molecule has 2 saturated heterocycles. The summed E-state index contributed by atoms with van der Waals surface area (Å²) in [7, 11) is 1.66. The van der Waals surface area contributed by atoms with Crippen LogP contribution in [0.5, 0.6) is 0 Å². The van der Waals surface area contributed by atoms with Crippen LogP contribution in [0.2, 0.25) is 0 Å². The van der Waals surface area contributed by atoms with Gasteiger partial charge in [0.15, 0.2) is 5.69 Å². The van der Waals surface area contributed by atoms with E-state index in [4.69, 9.17) is 9.47 Å². The summed E-state index contributed by atoms with van der Waals surface area (Å²) in [5.41, 5.74) is 0.155. The minimum atomic E-state index is -4.42. The van der Waals surface area contributed by atoms with E-state index in [2.05, 4.69) is 10.00 Å².